The molecule has 4 rings (SSSR count). The van der Waals surface area contributed by atoms with E-state index in [4.69, 9.17) is 8.83 Å². The van der Waals surface area contributed by atoms with Crippen molar-refractivity contribution < 1.29 is 8.83 Å². The number of furan rings is 2. The van der Waals surface area contributed by atoms with Gasteiger partial charge in [0.1, 0.15) is 16.9 Å². The highest BCUT2D eigenvalue weighted by molar-refractivity contribution is 5.79. The molecule has 116 valence electrons. The minimum atomic E-state index is 0.385. The van der Waals surface area contributed by atoms with Gasteiger partial charge in [-0.2, -0.15) is 0 Å². The van der Waals surface area contributed by atoms with E-state index in [0.717, 1.165) is 35.2 Å². The number of fused-ring (bicyclic) bond motifs is 2. The maximum Gasteiger partial charge on any atom is 0.134 e. The predicted molar refractivity (Wildman–Crippen MR) is 93.9 cm³/mol. The quantitative estimate of drug-likeness (QED) is 0.456. The number of hydrogen-bond acceptors (Lipinski definition) is 2. The van der Waals surface area contributed by atoms with Crippen molar-refractivity contribution in [3.05, 3.63) is 71.7 Å². The van der Waals surface area contributed by atoms with Gasteiger partial charge in [-0.05, 0) is 53.8 Å². The summed E-state index contributed by atoms with van der Waals surface area (Å²) in [6, 6.07) is 17.1. The van der Waals surface area contributed by atoms with Crippen LogP contribution in [0.25, 0.3) is 21.9 Å². The Morgan fingerprint density at radius 3 is 2.70 bits per heavy atom. The van der Waals surface area contributed by atoms with Crippen molar-refractivity contribution in [1.29, 1.82) is 0 Å². The molecule has 1 unspecified atom stereocenters. The van der Waals surface area contributed by atoms with Gasteiger partial charge in [0, 0.05) is 17.2 Å². The Hall–Kier alpha value is -2.48. The smallest absolute Gasteiger partial charge is 0.134 e. The van der Waals surface area contributed by atoms with Gasteiger partial charge in [0.2, 0.25) is 0 Å². The maximum absolute atomic E-state index is 6.01. The number of hydrogen-bond donors (Lipinski definition) is 0. The summed E-state index contributed by atoms with van der Waals surface area (Å²) >= 11 is 0. The Morgan fingerprint density at radius 1 is 0.913 bits per heavy atom. The van der Waals surface area contributed by atoms with Gasteiger partial charge >= 0.3 is 0 Å². The van der Waals surface area contributed by atoms with E-state index in [2.05, 4.69) is 56.3 Å². The summed E-state index contributed by atoms with van der Waals surface area (Å²) < 4.78 is 11.5. The highest BCUT2D eigenvalue weighted by atomic mass is 16.3. The second-order valence-corrected chi connectivity index (χ2v) is 6.26. The normalized spacial score (nSPS) is 13.0. The van der Waals surface area contributed by atoms with Gasteiger partial charge in [-0.15, -0.1) is 0 Å². The lowest BCUT2D eigenvalue weighted by molar-refractivity contribution is 0.526. The Balaban J connectivity index is 1.61. The molecule has 0 aliphatic rings. The summed E-state index contributed by atoms with van der Waals surface area (Å²) in [5, 5.41) is 2.35. The molecular formula is C21H20O2. The SMILES string of the molecule is CCc1ccc2oc(CC(C)c3ccc4ccoc4c3)cc2c1. The minimum absolute atomic E-state index is 0.385. The summed E-state index contributed by atoms with van der Waals surface area (Å²) in [5.41, 5.74) is 4.56. The van der Waals surface area contributed by atoms with Crippen LogP contribution in [-0.4, -0.2) is 0 Å². The molecule has 4 aromatic rings. The highest BCUT2D eigenvalue weighted by Crippen LogP contribution is 2.28. The number of aryl methyl sites for hydroxylation is 1. The fourth-order valence-corrected chi connectivity index (χ4v) is 3.17. The zero-order valence-electron chi connectivity index (χ0n) is 13.5. The third kappa shape index (κ3) is 2.65. The van der Waals surface area contributed by atoms with Gasteiger partial charge in [0.25, 0.3) is 0 Å². The third-order valence-electron chi connectivity index (χ3n) is 4.60. The van der Waals surface area contributed by atoms with Crippen molar-refractivity contribution in [3.63, 3.8) is 0 Å². The average Bonchev–Trinajstić information content (AvgIpc) is 3.18. The Labute approximate surface area is 135 Å². The average molecular weight is 304 g/mol. The van der Waals surface area contributed by atoms with Gasteiger partial charge in [0.05, 0.1) is 6.26 Å². The van der Waals surface area contributed by atoms with Crippen molar-refractivity contribution in [1.82, 2.24) is 0 Å². The molecule has 0 saturated heterocycles. The van der Waals surface area contributed by atoms with E-state index in [0.29, 0.717) is 5.92 Å². The van der Waals surface area contributed by atoms with Crippen molar-refractivity contribution in [3.8, 4) is 0 Å². The molecule has 0 aliphatic heterocycles. The van der Waals surface area contributed by atoms with Crippen LogP contribution in [0.15, 0.2) is 63.6 Å². The minimum Gasteiger partial charge on any atom is -0.464 e. The number of benzene rings is 2. The van der Waals surface area contributed by atoms with E-state index in [1.807, 2.05) is 6.07 Å². The molecule has 0 fully saturated rings. The zero-order valence-corrected chi connectivity index (χ0v) is 13.5. The number of rotatable bonds is 4. The molecule has 2 aromatic carbocycles. The van der Waals surface area contributed by atoms with Crippen LogP contribution in [0.5, 0.6) is 0 Å². The Morgan fingerprint density at radius 2 is 1.83 bits per heavy atom. The summed E-state index contributed by atoms with van der Waals surface area (Å²) in [6.07, 6.45) is 3.68. The van der Waals surface area contributed by atoms with Gasteiger partial charge in [-0.25, -0.2) is 0 Å². The van der Waals surface area contributed by atoms with Crippen LogP contribution in [0.4, 0.5) is 0 Å². The van der Waals surface area contributed by atoms with Crippen LogP contribution in [-0.2, 0) is 12.8 Å². The molecule has 2 aromatic heterocycles. The predicted octanol–water partition coefficient (Wildman–Crippen LogP) is 6.09. The molecule has 0 N–H and O–H groups in total. The van der Waals surface area contributed by atoms with Gasteiger partial charge < -0.3 is 8.83 Å². The van der Waals surface area contributed by atoms with Crippen molar-refractivity contribution >= 4 is 21.9 Å². The fraction of sp³-hybridized carbons (Fsp3) is 0.238. The monoisotopic (exact) mass is 304 g/mol. The highest BCUT2D eigenvalue weighted by Gasteiger charge is 2.12. The van der Waals surface area contributed by atoms with Gasteiger partial charge in [-0.1, -0.05) is 32.0 Å². The molecular weight excluding hydrogens is 284 g/mol. The standard InChI is InChI=1S/C21H20O2/c1-3-15-4-7-20-18(11-15)12-19(23-20)10-14(2)17-6-5-16-8-9-22-21(16)13-17/h4-9,11-14H,3,10H2,1-2H3. The topological polar surface area (TPSA) is 26.3 Å². The van der Waals surface area contributed by atoms with E-state index in [9.17, 15) is 0 Å². The largest absolute Gasteiger partial charge is 0.464 e. The molecule has 0 radical (unpaired) electrons. The van der Waals surface area contributed by atoms with Crippen LogP contribution in [0, 0.1) is 0 Å². The fourth-order valence-electron chi connectivity index (χ4n) is 3.17. The summed E-state index contributed by atoms with van der Waals surface area (Å²) in [4.78, 5) is 0. The van der Waals surface area contributed by atoms with Crippen molar-refractivity contribution in [2.24, 2.45) is 0 Å². The zero-order chi connectivity index (χ0) is 15.8. The summed E-state index contributed by atoms with van der Waals surface area (Å²) in [5.74, 6) is 1.43. The Bertz CT molecular complexity index is 958. The molecule has 0 amide bonds. The van der Waals surface area contributed by atoms with Gasteiger partial charge in [-0.3, -0.25) is 0 Å². The second-order valence-electron chi connectivity index (χ2n) is 6.26. The summed E-state index contributed by atoms with van der Waals surface area (Å²) in [7, 11) is 0. The first-order valence-electron chi connectivity index (χ1n) is 8.21. The molecule has 2 heterocycles. The first-order valence-corrected chi connectivity index (χ1v) is 8.21. The van der Waals surface area contributed by atoms with Crippen molar-refractivity contribution in [2.45, 2.75) is 32.6 Å². The maximum atomic E-state index is 6.01. The van der Waals surface area contributed by atoms with Gasteiger partial charge in [0.15, 0.2) is 0 Å². The molecule has 1 atom stereocenters. The van der Waals surface area contributed by atoms with E-state index in [-0.39, 0.29) is 0 Å². The van der Waals surface area contributed by atoms with E-state index in [1.165, 1.54) is 16.5 Å². The van der Waals surface area contributed by atoms with Crippen molar-refractivity contribution in [2.75, 3.05) is 0 Å². The van der Waals surface area contributed by atoms with Crippen LogP contribution in [0.3, 0.4) is 0 Å². The molecule has 23 heavy (non-hydrogen) atoms. The Kier molecular flexibility index (Phi) is 3.45. The van der Waals surface area contributed by atoms with E-state index in [1.54, 1.807) is 6.26 Å². The molecule has 0 spiro atoms. The lowest BCUT2D eigenvalue weighted by atomic mass is 9.96. The van der Waals surface area contributed by atoms with Crippen LogP contribution < -0.4 is 0 Å². The molecule has 2 nitrogen and oxygen atoms in total. The molecule has 0 aliphatic carbocycles. The van der Waals surface area contributed by atoms with Crippen LogP contribution >= 0.6 is 0 Å². The molecule has 0 saturated carbocycles. The third-order valence-corrected chi connectivity index (χ3v) is 4.60. The van der Waals surface area contributed by atoms with E-state index < -0.39 is 0 Å². The van der Waals surface area contributed by atoms with E-state index >= 15 is 0 Å². The second kappa shape index (κ2) is 5.62. The summed E-state index contributed by atoms with van der Waals surface area (Å²) in [6.45, 7) is 4.41. The van der Waals surface area contributed by atoms with Crippen LogP contribution in [0.1, 0.15) is 36.7 Å². The lowest BCUT2D eigenvalue weighted by Crippen LogP contribution is -1.97. The first-order chi connectivity index (χ1) is 11.2. The lowest BCUT2D eigenvalue weighted by Gasteiger charge is -2.09. The van der Waals surface area contributed by atoms with Crippen LogP contribution in [0.2, 0.25) is 0 Å². The molecule has 2 heteroatoms. The molecule has 0 bridgehead atoms. The first kappa shape index (κ1) is 14.1.